The molecule has 17 heavy (non-hydrogen) atoms. The quantitative estimate of drug-likeness (QED) is 0.849. The van der Waals surface area contributed by atoms with Crippen LogP contribution in [-0.4, -0.2) is 23.0 Å². The molecule has 1 aromatic carbocycles. The van der Waals surface area contributed by atoms with E-state index in [9.17, 15) is 0 Å². The fourth-order valence-electron chi connectivity index (χ4n) is 3.02. The largest absolute Gasteiger partial charge is 0.326 e. The van der Waals surface area contributed by atoms with E-state index in [0.29, 0.717) is 24.0 Å². The SMILES string of the molecule is C[C@@H]1C[C@H](C)[C@@H](N)[C@@H](C)N1Cc1ccccc1. The average Bonchev–Trinajstić information content (AvgIpc) is 2.33. The average molecular weight is 232 g/mol. The summed E-state index contributed by atoms with van der Waals surface area (Å²) in [5, 5.41) is 0. The van der Waals surface area contributed by atoms with Crippen LogP contribution in [-0.2, 0) is 6.54 Å². The first-order valence-corrected chi connectivity index (χ1v) is 6.65. The molecule has 2 N–H and O–H groups in total. The number of hydrogen-bond acceptors (Lipinski definition) is 2. The number of likely N-dealkylation sites (tertiary alicyclic amines) is 1. The highest BCUT2D eigenvalue weighted by Crippen LogP contribution is 2.28. The number of benzene rings is 1. The van der Waals surface area contributed by atoms with Crippen molar-refractivity contribution in [2.24, 2.45) is 11.7 Å². The highest BCUT2D eigenvalue weighted by atomic mass is 15.2. The Morgan fingerprint density at radius 1 is 1.18 bits per heavy atom. The third-order valence-corrected chi connectivity index (χ3v) is 4.22. The Labute approximate surface area is 105 Å². The van der Waals surface area contributed by atoms with Gasteiger partial charge >= 0.3 is 0 Å². The Morgan fingerprint density at radius 2 is 1.82 bits per heavy atom. The molecule has 0 unspecified atom stereocenters. The van der Waals surface area contributed by atoms with Crippen molar-refractivity contribution in [1.29, 1.82) is 0 Å². The second kappa shape index (κ2) is 5.19. The van der Waals surface area contributed by atoms with Crippen molar-refractivity contribution < 1.29 is 0 Å². The molecule has 4 atom stereocenters. The Hall–Kier alpha value is -0.860. The Balaban J connectivity index is 2.09. The van der Waals surface area contributed by atoms with Gasteiger partial charge in [0, 0.05) is 24.7 Å². The van der Waals surface area contributed by atoms with E-state index < -0.39 is 0 Å². The first-order valence-electron chi connectivity index (χ1n) is 6.65. The van der Waals surface area contributed by atoms with Gasteiger partial charge in [0.1, 0.15) is 0 Å². The minimum absolute atomic E-state index is 0.301. The van der Waals surface area contributed by atoms with Gasteiger partial charge in [-0.1, -0.05) is 37.3 Å². The van der Waals surface area contributed by atoms with E-state index in [1.165, 1.54) is 12.0 Å². The van der Waals surface area contributed by atoms with Gasteiger partial charge < -0.3 is 5.73 Å². The van der Waals surface area contributed by atoms with Crippen LogP contribution in [0.15, 0.2) is 30.3 Å². The third-order valence-electron chi connectivity index (χ3n) is 4.22. The topological polar surface area (TPSA) is 29.3 Å². The van der Waals surface area contributed by atoms with Crippen LogP contribution in [0.4, 0.5) is 0 Å². The molecule has 94 valence electrons. The zero-order valence-electron chi connectivity index (χ0n) is 11.1. The van der Waals surface area contributed by atoms with Crippen molar-refractivity contribution in [3.63, 3.8) is 0 Å². The Bertz CT molecular complexity index is 349. The second-order valence-electron chi connectivity index (χ2n) is 5.54. The predicted molar refractivity (Wildman–Crippen MR) is 72.7 cm³/mol. The standard InChI is InChI=1S/C15H24N2/c1-11-9-12(2)17(13(3)15(11)16)10-14-7-5-4-6-8-14/h4-8,11-13,15H,9-10,16H2,1-3H3/t11-,12+,13+,15+/m0/s1. The molecule has 0 amide bonds. The molecule has 1 saturated heterocycles. The van der Waals surface area contributed by atoms with Crippen LogP contribution in [0.3, 0.4) is 0 Å². The lowest BCUT2D eigenvalue weighted by atomic mass is 9.84. The van der Waals surface area contributed by atoms with Crippen LogP contribution in [0.2, 0.25) is 0 Å². The van der Waals surface area contributed by atoms with Crippen molar-refractivity contribution >= 4 is 0 Å². The molecule has 0 spiro atoms. The van der Waals surface area contributed by atoms with Crippen molar-refractivity contribution in [3.8, 4) is 0 Å². The number of rotatable bonds is 2. The van der Waals surface area contributed by atoms with E-state index in [-0.39, 0.29) is 0 Å². The van der Waals surface area contributed by atoms with Gasteiger partial charge in [0.25, 0.3) is 0 Å². The van der Waals surface area contributed by atoms with Crippen molar-refractivity contribution in [2.45, 2.75) is 51.9 Å². The smallest absolute Gasteiger partial charge is 0.0240 e. The summed E-state index contributed by atoms with van der Waals surface area (Å²) in [7, 11) is 0. The van der Waals surface area contributed by atoms with E-state index in [1.54, 1.807) is 0 Å². The molecule has 2 rings (SSSR count). The summed E-state index contributed by atoms with van der Waals surface area (Å²) in [6.45, 7) is 7.88. The molecule has 1 aromatic rings. The van der Waals surface area contributed by atoms with Gasteiger partial charge in [-0.05, 0) is 31.7 Å². The van der Waals surface area contributed by atoms with Crippen LogP contribution < -0.4 is 5.73 Å². The van der Waals surface area contributed by atoms with Crippen LogP contribution >= 0.6 is 0 Å². The van der Waals surface area contributed by atoms with Crippen LogP contribution in [0, 0.1) is 5.92 Å². The molecular weight excluding hydrogens is 208 g/mol. The minimum atomic E-state index is 0.301. The second-order valence-corrected chi connectivity index (χ2v) is 5.54. The van der Waals surface area contributed by atoms with Crippen molar-refractivity contribution in [3.05, 3.63) is 35.9 Å². The van der Waals surface area contributed by atoms with Crippen molar-refractivity contribution in [2.75, 3.05) is 0 Å². The summed E-state index contributed by atoms with van der Waals surface area (Å²) >= 11 is 0. The summed E-state index contributed by atoms with van der Waals surface area (Å²) in [4.78, 5) is 2.54. The molecule has 0 saturated carbocycles. The number of piperidine rings is 1. The van der Waals surface area contributed by atoms with Gasteiger partial charge in [-0.25, -0.2) is 0 Å². The Morgan fingerprint density at radius 3 is 2.47 bits per heavy atom. The first-order chi connectivity index (χ1) is 8.09. The fourth-order valence-corrected chi connectivity index (χ4v) is 3.02. The number of hydrogen-bond donors (Lipinski definition) is 1. The Kier molecular flexibility index (Phi) is 3.85. The molecule has 1 heterocycles. The molecule has 0 aliphatic carbocycles. The zero-order chi connectivity index (χ0) is 12.4. The van der Waals surface area contributed by atoms with Crippen LogP contribution in [0.1, 0.15) is 32.8 Å². The lowest BCUT2D eigenvalue weighted by Gasteiger charge is -2.45. The maximum atomic E-state index is 6.29. The molecule has 1 aliphatic rings. The number of nitrogens with two attached hydrogens (primary N) is 1. The molecule has 1 fully saturated rings. The molecule has 2 nitrogen and oxygen atoms in total. The van der Waals surface area contributed by atoms with E-state index in [1.807, 2.05) is 0 Å². The summed E-state index contributed by atoms with van der Waals surface area (Å²) in [6.07, 6.45) is 1.21. The lowest BCUT2D eigenvalue weighted by molar-refractivity contribution is 0.0500. The molecule has 0 radical (unpaired) electrons. The molecule has 2 heteroatoms. The molecular formula is C15H24N2. The highest BCUT2D eigenvalue weighted by molar-refractivity contribution is 5.15. The van der Waals surface area contributed by atoms with Gasteiger partial charge in [-0.2, -0.15) is 0 Å². The maximum absolute atomic E-state index is 6.29. The summed E-state index contributed by atoms with van der Waals surface area (Å²) in [6, 6.07) is 12.1. The highest BCUT2D eigenvalue weighted by Gasteiger charge is 2.34. The number of nitrogens with zero attached hydrogens (tertiary/aromatic N) is 1. The van der Waals surface area contributed by atoms with Gasteiger partial charge in [0.15, 0.2) is 0 Å². The van der Waals surface area contributed by atoms with E-state index in [0.717, 1.165) is 6.54 Å². The van der Waals surface area contributed by atoms with E-state index in [4.69, 9.17) is 5.73 Å². The summed E-state index contributed by atoms with van der Waals surface area (Å²) in [5.74, 6) is 0.632. The first kappa shape index (κ1) is 12.6. The summed E-state index contributed by atoms with van der Waals surface area (Å²) in [5.41, 5.74) is 7.67. The van der Waals surface area contributed by atoms with Gasteiger partial charge in [-0.15, -0.1) is 0 Å². The monoisotopic (exact) mass is 232 g/mol. The maximum Gasteiger partial charge on any atom is 0.0240 e. The predicted octanol–water partition coefficient (Wildman–Crippen LogP) is 2.63. The van der Waals surface area contributed by atoms with Gasteiger partial charge in [-0.3, -0.25) is 4.90 Å². The van der Waals surface area contributed by atoms with Gasteiger partial charge in [0.2, 0.25) is 0 Å². The molecule has 0 bridgehead atoms. The summed E-state index contributed by atoms with van der Waals surface area (Å²) < 4.78 is 0. The molecule has 0 aromatic heterocycles. The minimum Gasteiger partial charge on any atom is -0.326 e. The zero-order valence-corrected chi connectivity index (χ0v) is 11.1. The van der Waals surface area contributed by atoms with E-state index in [2.05, 4.69) is 56.0 Å². The lowest BCUT2D eigenvalue weighted by Crippen LogP contribution is -2.57. The van der Waals surface area contributed by atoms with Crippen molar-refractivity contribution in [1.82, 2.24) is 4.90 Å². The normalized spacial score (nSPS) is 34.8. The third kappa shape index (κ3) is 2.70. The van der Waals surface area contributed by atoms with Crippen LogP contribution in [0.5, 0.6) is 0 Å². The van der Waals surface area contributed by atoms with E-state index >= 15 is 0 Å². The van der Waals surface area contributed by atoms with Crippen LogP contribution in [0.25, 0.3) is 0 Å². The molecule has 1 aliphatic heterocycles. The van der Waals surface area contributed by atoms with Gasteiger partial charge in [0.05, 0.1) is 0 Å². The fraction of sp³-hybridized carbons (Fsp3) is 0.600.